The first-order valence-electron chi connectivity index (χ1n) is 8.63. The fourth-order valence-electron chi connectivity index (χ4n) is 2.62. The Hall–Kier alpha value is -2.04. The van der Waals surface area contributed by atoms with E-state index in [0.717, 1.165) is 18.6 Å². The number of nitrogens with one attached hydrogen (secondary N) is 1. The fourth-order valence-corrected chi connectivity index (χ4v) is 3.16. The molecule has 1 aliphatic heterocycles. The van der Waals surface area contributed by atoms with Gasteiger partial charge in [-0.1, -0.05) is 17.3 Å². The van der Waals surface area contributed by atoms with E-state index in [4.69, 9.17) is 14.0 Å². The summed E-state index contributed by atoms with van der Waals surface area (Å²) >= 11 is -0.161. The van der Waals surface area contributed by atoms with Gasteiger partial charge >= 0.3 is 5.51 Å². The molecule has 1 aliphatic rings. The van der Waals surface area contributed by atoms with E-state index in [1.54, 1.807) is 12.1 Å². The number of benzene rings is 1. The summed E-state index contributed by atoms with van der Waals surface area (Å²) in [4.78, 5) is 12.2. The van der Waals surface area contributed by atoms with E-state index in [-0.39, 0.29) is 41.5 Å². The van der Waals surface area contributed by atoms with Crippen LogP contribution in [-0.2, 0) is 22.7 Å². The normalized spacial score (nSPS) is 17.0. The number of halogens is 3. The van der Waals surface area contributed by atoms with Crippen LogP contribution in [0.2, 0.25) is 0 Å². The monoisotopic (exact) mass is 416 g/mol. The molecule has 2 aromatic rings. The number of aromatic nitrogens is 1. The molecule has 0 bridgehead atoms. The van der Waals surface area contributed by atoms with Crippen LogP contribution in [0, 0.1) is 5.92 Å². The average molecular weight is 416 g/mol. The maximum absolute atomic E-state index is 12.3. The van der Waals surface area contributed by atoms with Crippen LogP contribution in [0.15, 0.2) is 39.8 Å². The van der Waals surface area contributed by atoms with Crippen LogP contribution >= 0.6 is 11.8 Å². The molecule has 1 saturated heterocycles. The van der Waals surface area contributed by atoms with Crippen LogP contribution in [0.5, 0.6) is 0 Å². The van der Waals surface area contributed by atoms with Crippen molar-refractivity contribution in [2.24, 2.45) is 5.92 Å². The van der Waals surface area contributed by atoms with Crippen LogP contribution < -0.4 is 5.32 Å². The van der Waals surface area contributed by atoms with E-state index in [0.29, 0.717) is 24.8 Å². The lowest BCUT2D eigenvalue weighted by Gasteiger charge is -2.07. The molecule has 2 heterocycles. The number of hydrogen-bond donors (Lipinski definition) is 1. The predicted octanol–water partition coefficient (Wildman–Crippen LogP) is 3.77. The van der Waals surface area contributed by atoms with Crippen LogP contribution in [0.1, 0.15) is 28.2 Å². The van der Waals surface area contributed by atoms with Gasteiger partial charge in [0.15, 0.2) is 11.5 Å². The first kappa shape index (κ1) is 20.7. The van der Waals surface area contributed by atoms with Gasteiger partial charge in [-0.3, -0.25) is 4.79 Å². The van der Waals surface area contributed by atoms with Gasteiger partial charge in [0.2, 0.25) is 0 Å². The first-order valence-corrected chi connectivity index (χ1v) is 9.44. The van der Waals surface area contributed by atoms with Crippen LogP contribution in [-0.4, -0.2) is 36.3 Å². The Balaban J connectivity index is 1.41. The van der Waals surface area contributed by atoms with E-state index in [9.17, 15) is 18.0 Å². The second kappa shape index (κ2) is 9.44. The molecule has 28 heavy (non-hydrogen) atoms. The number of carbonyl (C=O) groups is 1. The van der Waals surface area contributed by atoms with Crippen molar-refractivity contribution in [3.63, 3.8) is 0 Å². The zero-order valence-corrected chi connectivity index (χ0v) is 15.6. The van der Waals surface area contributed by atoms with Gasteiger partial charge in [0.1, 0.15) is 6.61 Å². The fraction of sp³-hybridized carbons (Fsp3) is 0.444. The lowest BCUT2D eigenvalue weighted by molar-refractivity contribution is -0.0328. The second-order valence-electron chi connectivity index (χ2n) is 6.30. The molecule has 10 heteroatoms. The minimum absolute atomic E-state index is 0.0931. The van der Waals surface area contributed by atoms with E-state index < -0.39 is 5.51 Å². The lowest BCUT2D eigenvalue weighted by atomic mass is 10.1. The van der Waals surface area contributed by atoms with Crippen molar-refractivity contribution in [3.05, 3.63) is 47.3 Å². The van der Waals surface area contributed by atoms with E-state index in [1.807, 2.05) is 0 Å². The van der Waals surface area contributed by atoms with Crippen molar-refractivity contribution in [2.45, 2.75) is 30.0 Å². The molecular formula is C18H19F3N2O4S. The molecule has 3 rings (SSSR count). The Bertz CT molecular complexity index is 774. The third-order valence-corrected chi connectivity index (χ3v) is 4.78. The summed E-state index contributed by atoms with van der Waals surface area (Å²) in [6.07, 6.45) is 0.925. The summed E-state index contributed by atoms with van der Waals surface area (Å²) < 4.78 is 52.7. The number of alkyl halides is 3. The molecular weight excluding hydrogens is 397 g/mol. The second-order valence-corrected chi connectivity index (χ2v) is 7.44. The first-order chi connectivity index (χ1) is 13.4. The molecule has 1 fully saturated rings. The highest BCUT2D eigenvalue weighted by Crippen LogP contribution is 2.36. The van der Waals surface area contributed by atoms with E-state index in [1.165, 1.54) is 18.2 Å². The van der Waals surface area contributed by atoms with Gasteiger partial charge in [0.05, 0.1) is 13.2 Å². The zero-order chi connectivity index (χ0) is 20.0. The molecule has 0 spiro atoms. The average Bonchev–Trinajstić information content (AvgIpc) is 3.32. The Labute approximate surface area is 163 Å². The quantitative estimate of drug-likeness (QED) is 0.661. The number of nitrogens with zero attached hydrogens (tertiary/aromatic N) is 1. The van der Waals surface area contributed by atoms with Crippen molar-refractivity contribution < 1.29 is 32.0 Å². The molecule has 1 aromatic carbocycles. The van der Waals surface area contributed by atoms with Crippen LogP contribution in [0.3, 0.4) is 0 Å². The SMILES string of the molecule is O=C(NCC1CCOC1)c1cc(COCc2ccc(SC(F)(F)F)cc2)on1. The molecule has 1 atom stereocenters. The smallest absolute Gasteiger partial charge is 0.381 e. The molecule has 1 unspecified atom stereocenters. The van der Waals surface area contributed by atoms with Crippen molar-refractivity contribution >= 4 is 17.7 Å². The topological polar surface area (TPSA) is 73.6 Å². The van der Waals surface area contributed by atoms with Gasteiger partial charge in [0, 0.05) is 30.0 Å². The number of amides is 1. The Morgan fingerprint density at radius 1 is 1.29 bits per heavy atom. The van der Waals surface area contributed by atoms with Gasteiger partial charge < -0.3 is 19.3 Å². The standard InChI is InChI=1S/C18H19F3N2O4S/c19-18(20,21)28-15-3-1-12(2-4-15)9-26-11-14-7-16(23-27-14)17(24)22-8-13-5-6-25-10-13/h1-4,7,13H,5-6,8-11H2,(H,22,24). The summed E-state index contributed by atoms with van der Waals surface area (Å²) in [5, 5.41) is 6.52. The summed E-state index contributed by atoms with van der Waals surface area (Å²) in [7, 11) is 0. The van der Waals surface area contributed by atoms with Gasteiger partial charge in [-0.15, -0.1) is 0 Å². The molecule has 1 amide bonds. The highest BCUT2D eigenvalue weighted by molar-refractivity contribution is 8.00. The van der Waals surface area contributed by atoms with Crippen molar-refractivity contribution in [1.82, 2.24) is 10.5 Å². The van der Waals surface area contributed by atoms with Gasteiger partial charge in [0.25, 0.3) is 5.91 Å². The number of carbonyl (C=O) groups excluding carboxylic acids is 1. The summed E-state index contributed by atoms with van der Waals surface area (Å²) in [5.41, 5.74) is -3.41. The Kier molecular flexibility index (Phi) is 6.97. The van der Waals surface area contributed by atoms with Gasteiger partial charge in [-0.25, -0.2) is 0 Å². The van der Waals surface area contributed by atoms with Gasteiger partial charge in [-0.05, 0) is 35.9 Å². The van der Waals surface area contributed by atoms with E-state index in [2.05, 4.69) is 10.5 Å². The van der Waals surface area contributed by atoms with Crippen molar-refractivity contribution in [2.75, 3.05) is 19.8 Å². The third-order valence-electron chi connectivity index (χ3n) is 4.04. The van der Waals surface area contributed by atoms with Gasteiger partial charge in [-0.2, -0.15) is 13.2 Å². The molecule has 152 valence electrons. The number of thioether (sulfide) groups is 1. The molecule has 1 aromatic heterocycles. The summed E-state index contributed by atoms with van der Waals surface area (Å²) in [6, 6.07) is 7.43. The zero-order valence-electron chi connectivity index (χ0n) is 14.8. The maximum Gasteiger partial charge on any atom is 0.446 e. The van der Waals surface area contributed by atoms with Crippen molar-refractivity contribution in [3.8, 4) is 0 Å². The predicted molar refractivity (Wildman–Crippen MR) is 94.6 cm³/mol. The Morgan fingerprint density at radius 3 is 2.75 bits per heavy atom. The Morgan fingerprint density at radius 2 is 2.07 bits per heavy atom. The lowest BCUT2D eigenvalue weighted by Crippen LogP contribution is -2.29. The van der Waals surface area contributed by atoms with Crippen LogP contribution in [0.4, 0.5) is 13.2 Å². The largest absolute Gasteiger partial charge is 0.446 e. The minimum atomic E-state index is -4.31. The molecule has 1 N–H and O–H groups in total. The molecule has 0 radical (unpaired) electrons. The summed E-state index contributed by atoms with van der Waals surface area (Å²) in [6.45, 7) is 2.18. The maximum atomic E-state index is 12.3. The molecule has 0 saturated carbocycles. The number of rotatable bonds is 8. The van der Waals surface area contributed by atoms with Crippen molar-refractivity contribution in [1.29, 1.82) is 0 Å². The minimum Gasteiger partial charge on any atom is -0.381 e. The van der Waals surface area contributed by atoms with Crippen LogP contribution in [0.25, 0.3) is 0 Å². The highest BCUT2D eigenvalue weighted by atomic mass is 32.2. The third kappa shape index (κ3) is 6.54. The number of hydrogen-bond acceptors (Lipinski definition) is 6. The molecule has 6 nitrogen and oxygen atoms in total. The number of ether oxygens (including phenoxy) is 2. The highest BCUT2D eigenvalue weighted by Gasteiger charge is 2.29. The molecule has 0 aliphatic carbocycles. The summed E-state index contributed by atoms with van der Waals surface area (Å²) in [5.74, 6) is 0.387. The van der Waals surface area contributed by atoms with E-state index >= 15 is 0 Å².